The summed E-state index contributed by atoms with van der Waals surface area (Å²) in [4.78, 5) is 12.0. The average molecular weight is 327 g/mol. The first-order valence-electron chi connectivity index (χ1n) is 5.75. The van der Waals surface area contributed by atoms with E-state index in [0.717, 1.165) is 6.07 Å². The number of hydrogen-bond acceptors (Lipinski definition) is 2. The number of hydrogen-bond donors (Lipinski definition) is 2. The third-order valence-corrected chi connectivity index (χ3v) is 3.23. The van der Waals surface area contributed by atoms with Crippen molar-refractivity contribution in [1.29, 1.82) is 0 Å². The van der Waals surface area contributed by atoms with Gasteiger partial charge in [0.05, 0.1) is 16.3 Å². The molecule has 2 aromatic carbocycles. The fourth-order valence-corrected chi connectivity index (χ4v) is 1.94. The highest BCUT2D eigenvalue weighted by atomic mass is 35.5. The van der Waals surface area contributed by atoms with Crippen molar-refractivity contribution < 1.29 is 13.6 Å². The molecule has 0 saturated heterocycles. The second-order valence-electron chi connectivity index (χ2n) is 4.11. The minimum absolute atomic E-state index is 0.0349. The Morgan fingerprint density at radius 1 is 1.24 bits per heavy atom. The van der Waals surface area contributed by atoms with Gasteiger partial charge in [-0.05, 0) is 30.3 Å². The second-order valence-corrected chi connectivity index (χ2v) is 4.96. The molecule has 21 heavy (non-hydrogen) atoms. The smallest absolute Gasteiger partial charge is 0.258 e. The van der Waals surface area contributed by atoms with E-state index in [1.807, 2.05) is 0 Å². The molecule has 0 unspecified atom stereocenters. The lowest BCUT2D eigenvalue weighted by Gasteiger charge is -2.09. The Morgan fingerprint density at radius 3 is 2.57 bits per heavy atom. The molecular formula is C14H9ClF2N2OS. The zero-order valence-corrected chi connectivity index (χ0v) is 12.1. The van der Waals surface area contributed by atoms with E-state index in [9.17, 15) is 13.6 Å². The number of nitrogens with one attached hydrogen (secondary N) is 1. The van der Waals surface area contributed by atoms with E-state index in [4.69, 9.17) is 29.6 Å². The van der Waals surface area contributed by atoms with Gasteiger partial charge < -0.3 is 11.1 Å². The number of carbonyl (C=O) groups is 1. The van der Waals surface area contributed by atoms with Crippen LogP contribution in [0, 0.1) is 11.6 Å². The Balaban J connectivity index is 2.28. The zero-order chi connectivity index (χ0) is 15.6. The van der Waals surface area contributed by atoms with E-state index in [0.29, 0.717) is 5.56 Å². The lowest BCUT2D eigenvalue weighted by molar-refractivity contribution is 0.102. The Hall–Kier alpha value is -2.05. The molecular weight excluding hydrogens is 318 g/mol. The van der Waals surface area contributed by atoms with Gasteiger partial charge in [0.2, 0.25) is 0 Å². The maximum Gasteiger partial charge on any atom is 0.258 e. The maximum atomic E-state index is 13.8. The molecule has 3 nitrogen and oxygen atoms in total. The third-order valence-electron chi connectivity index (χ3n) is 2.70. The molecule has 0 fully saturated rings. The number of halogens is 3. The van der Waals surface area contributed by atoms with Crippen LogP contribution in [-0.2, 0) is 0 Å². The van der Waals surface area contributed by atoms with Crippen LogP contribution in [0.15, 0.2) is 36.4 Å². The van der Waals surface area contributed by atoms with Gasteiger partial charge in [-0.1, -0.05) is 29.9 Å². The molecule has 2 aromatic rings. The molecule has 0 saturated carbocycles. The highest BCUT2D eigenvalue weighted by Gasteiger charge is 2.16. The number of anilines is 1. The van der Waals surface area contributed by atoms with Gasteiger partial charge in [-0.25, -0.2) is 8.78 Å². The summed E-state index contributed by atoms with van der Waals surface area (Å²) in [5, 5.41) is 2.08. The van der Waals surface area contributed by atoms with E-state index in [1.165, 1.54) is 30.3 Å². The van der Waals surface area contributed by atoms with Crippen molar-refractivity contribution in [3.8, 4) is 0 Å². The predicted octanol–water partition coefficient (Wildman–Crippen LogP) is 3.50. The van der Waals surface area contributed by atoms with Crippen molar-refractivity contribution in [1.82, 2.24) is 0 Å². The highest BCUT2D eigenvalue weighted by Crippen LogP contribution is 2.21. The third kappa shape index (κ3) is 3.34. The minimum atomic E-state index is -0.864. The quantitative estimate of drug-likeness (QED) is 0.849. The van der Waals surface area contributed by atoms with Crippen molar-refractivity contribution in [2.75, 3.05) is 5.32 Å². The van der Waals surface area contributed by atoms with Gasteiger partial charge in [-0.3, -0.25) is 4.79 Å². The van der Waals surface area contributed by atoms with E-state index in [1.54, 1.807) is 0 Å². The normalized spacial score (nSPS) is 10.2. The van der Waals surface area contributed by atoms with Crippen LogP contribution in [0.5, 0.6) is 0 Å². The number of nitrogens with two attached hydrogens (primary N) is 1. The summed E-state index contributed by atoms with van der Waals surface area (Å²) in [5.74, 6) is -2.40. The predicted molar refractivity (Wildman–Crippen MR) is 81.7 cm³/mol. The first-order valence-corrected chi connectivity index (χ1v) is 6.53. The second kappa shape index (κ2) is 6.15. The number of carbonyl (C=O) groups excluding carboxylic acids is 1. The standard InChI is InChI=1S/C14H9ClF2N2OS/c15-9-3-1-2-8(12(9)17)14(20)19-11-5-4-7(13(18)21)6-10(11)16/h1-6H,(H2,18,21)(H,19,20). The van der Waals surface area contributed by atoms with Gasteiger partial charge in [-0.15, -0.1) is 0 Å². The minimum Gasteiger partial charge on any atom is -0.389 e. The van der Waals surface area contributed by atoms with Gasteiger partial charge in [0.25, 0.3) is 5.91 Å². The maximum absolute atomic E-state index is 13.8. The van der Waals surface area contributed by atoms with E-state index >= 15 is 0 Å². The van der Waals surface area contributed by atoms with E-state index < -0.39 is 17.5 Å². The monoisotopic (exact) mass is 326 g/mol. The number of thiocarbonyl (C=S) groups is 1. The van der Waals surface area contributed by atoms with Gasteiger partial charge in [0, 0.05) is 5.56 Å². The van der Waals surface area contributed by atoms with Crippen molar-refractivity contribution in [2.24, 2.45) is 5.73 Å². The molecule has 0 spiro atoms. The largest absolute Gasteiger partial charge is 0.389 e. The molecule has 0 aliphatic rings. The SMILES string of the molecule is NC(=S)c1ccc(NC(=O)c2cccc(Cl)c2F)c(F)c1. The number of amides is 1. The van der Waals surface area contributed by atoms with Crippen LogP contribution in [0.4, 0.5) is 14.5 Å². The first-order chi connectivity index (χ1) is 9.90. The van der Waals surface area contributed by atoms with Crippen LogP contribution in [0.25, 0.3) is 0 Å². The van der Waals surface area contributed by atoms with Crippen LogP contribution >= 0.6 is 23.8 Å². The van der Waals surface area contributed by atoms with Crippen LogP contribution < -0.4 is 11.1 Å². The number of rotatable bonds is 3. The molecule has 0 aliphatic heterocycles. The summed E-state index contributed by atoms with van der Waals surface area (Å²) < 4.78 is 27.5. The molecule has 7 heteroatoms. The fraction of sp³-hybridized carbons (Fsp3) is 0. The summed E-state index contributed by atoms with van der Waals surface area (Å²) >= 11 is 10.3. The molecule has 2 rings (SSSR count). The molecule has 0 atom stereocenters. The summed E-state index contributed by atoms with van der Waals surface area (Å²) in [5.41, 5.74) is 5.31. The molecule has 0 heterocycles. The Labute approximate surface area is 129 Å². The molecule has 108 valence electrons. The molecule has 3 N–H and O–H groups in total. The van der Waals surface area contributed by atoms with Gasteiger partial charge in [-0.2, -0.15) is 0 Å². The average Bonchev–Trinajstić information content (AvgIpc) is 2.43. The Morgan fingerprint density at radius 2 is 1.95 bits per heavy atom. The Bertz CT molecular complexity index is 737. The summed E-state index contributed by atoms with van der Waals surface area (Å²) in [7, 11) is 0. The van der Waals surface area contributed by atoms with Gasteiger partial charge in [0.1, 0.15) is 10.8 Å². The van der Waals surface area contributed by atoms with Crippen LogP contribution in [-0.4, -0.2) is 10.9 Å². The lowest BCUT2D eigenvalue weighted by Crippen LogP contribution is -2.16. The van der Waals surface area contributed by atoms with Crippen molar-refractivity contribution in [2.45, 2.75) is 0 Å². The van der Waals surface area contributed by atoms with Gasteiger partial charge in [0.15, 0.2) is 5.82 Å². The summed E-state index contributed by atoms with van der Waals surface area (Å²) in [6.45, 7) is 0. The van der Waals surface area contributed by atoms with Crippen LogP contribution in [0.3, 0.4) is 0 Å². The molecule has 0 aliphatic carbocycles. The fourth-order valence-electron chi connectivity index (χ4n) is 1.64. The highest BCUT2D eigenvalue weighted by molar-refractivity contribution is 7.80. The molecule has 0 radical (unpaired) electrons. The van der Waals surface area contributed by atoms with Crippen molar-refractivity contribution in [3.63, 3.8) is 0 Å². The van der Waals surface area contributed by atoms with Crippen LogP contribution in [0.1, 0.15) is 15.9 Å². The zero-order valence-electron chi connectivity index (χ0n) is 10.5. The molecule has 1 amide bonds. The van der Waals surface area contributed by atoms with E-state index in [-0.39, 0.29) is 21.3 Å². The van der Waals surface area contributed by atoms with Crippen molar-refractivity contribution in [3.05, 3.63) is 64.2 Å². The molecule has 0 bridgehead atoms. The van der Waals surface area contributed by atoms with Gasteiger partial charge >= 0.3 is 0 Å². The summed E-state index contributed by atoms with van der Waals surface area (Å²) in [6.07, 6.45) is 0. The molecule has 0 aromatic heterocycles. The van der Waals surface area contributed by atoms with Crippen molar-refractivity contribution >= 4 is 40.4 Å². The lowest BCUT2D eigenvalue weighted by atomic mass is 10.1. The Kier molecular flexibility index (Phi) is 4.50. The first kappa shape index (κ1) is 15.3. The summed E-state index contributed by atoms with van der Waals surface area (Å²) in [6, 6.07) is 7.82. The van der Waals surface area contributed by atoms with E-state index in [2.05, 4.69) is 5.32 Å². The topological polar surface area (TPSA) is 55.1 Å². The number of benzene rings is 2. The van der Waals surface area contributed by atoms with Crippen LogP contribution in [0.2, 0.25) is 5.02 Å².